The molecule has 2 saturated heterocycles. The van der Waals surface area contributed by atoms with Crippen molar-refractivity contribution >= 4 is 11.8 Å². The molecule has 0 aromatic rings. The molecule has 2 fully saturated rings. The molecule has 0 bridgehead atoms. The van der Waals surface area contributed by atoms with E-state index in [0.717, 1.165) is 45.1 Å². The summed E-state index contributed by atoms with van der Waals surface area (Å²) in [4.78, 5) is 26.7. The summed E-state index contributed by atoms with van der Waals surface area (Å²) in [7, 11) is 0. The first-order valence-electron chi connectivity index (χ1n) is 9.26. The Kier molecular flexibility index (Phi) is 7.94. The second kappa shape index (κ2) is 9.96. The molecule has 2 aliphatic rings. The van der Waals surface area contributed by atoms with Gasteiger partial charge in [0.05, 0.1) is 12.1 Å². The van der Waals surface area contributed by atoms with E-state index in [0.29, 0.717) is 26.2 Å². The van der Waals surface area contributed by atoms with Crippen LogP contribution in [-0.4, -0.2) is 67.7 Å². The van der Waals surface area contributed by atoms with E-state index in [4.69, 9.17) is 10.5 Å². The van der Waals surface area contributed by atoms with Gasteiger partial charge >= 0.3 is 0 Å². The summed E-state index contributed by atoms with van der Waals surface area (Å²) in [5.41, 5.74) is 5.43. The van der Waals surface area contributed by atoms with Crippen molar-refractivity contribution in [3.63, 3.8) is 0 Å². The van der Waals surface area contributed by atoms with Crippen molar-refractivity contribution in [2.75, 3.05) is 32.8 Å². The first kappa shape index (κ1) is 19.1. The van der Waals surface area contributed by atoms with Crippen LogP contribution < -0.4 is 16.4 Å². The van der Waals surface area contributed by atoms with Gasteiger partial charge in [-0.05, 0) is 58.5 Å². The molecule has 138 valence electrons. The predicted octanol–water partition coefficient (Wildman–Crippen LogP) is -0.0104. The first-order chi connectivity index (χ1) is 11.6. The SMILES string of the molecule is C[C@@H](CCNC(=O)[C@@H]1CCCN1C(=O)[C@@H]1CCCN1)OCCCN. The topological polar surface area (TPSA) is 96.7 Å². The van der Waals surface area contributed by atoms with Crippen molar-refractivity contribution in [3.8, 4) is 0 Å². The van der Waals surface area contributed by atoms with Gasteiger partial charge in [0.1, 0.15) is 6.04 Å². The number of nitrogens with two attached hydrogens (primary N) is 1. The first-order valence-corrected chi connectivity index (χ1v) is 9.26. The number of ether oxygens (including phenoxy) is 1. The van der Waals surface area contributed by atoms with Crippen molar-refractivity contribution in [1.82, 2.24) is 15.5 Å². The van der Waals surface area contributed by atoms with E-state index >= 15 is 0 Å². The van der Waals surface area contributed by atoms with Crippen LogP contribution in [0.5, 0.6) is 0 Å². The second-order valence-electron chi connectivity index (χ2n) is 6.74. The summed E-state index contributed by atoms with van der Waals surface area (Å²) in [6, 6.07) is -0.414. The molecule has 0 unspecified atom stereocenters. The highest BCUT2D eigenvalue weighted by atomic mass is 16.5. The summed E-state index contributed by atoms with van der Waals surface area (Å²) in [6.07, 6.45) is 5.28. The lowest BCUT2D eigenvalue weighted by Crippen LogP contribution is -2.51. The number of carbonyl (C=O) groups is 2. The fraction of sp³-hybridized carbons (Fsp3) is 0.882. The van der Waals surface area contributed by atoms with Crippen molar-refractivity contribution in [2.45, 2.75) is 63.6 Å². The Morgan fingerprint density at radius 2 is 2.21 bits per heavy atom. The van der Waals surface area contributed by atoms with Gasteiger partial charge in [-0.3, -0.25) is 9.59 Å². The molecule has 2 aliphatic heterocycles. The lowest BCUT2D eigenvalue weighted by Gasteiger charge is -2.26. The highest BCUT2D eigenvalue weighted by Gasteiger charge is 2.37. The second-order valence-corrected chi connectivity index (χ2v) is 6.74. The highest BCUT2D eigenvalue weighted by Crippen LogP contribution is 2.20. The minimum absolute atomic E-state index is 0.0343. The molecule has 4 N–H and O–H groups in total. The maximum Gasteiger partial charge on any atom is 0.242 e. The van der Waals surface area contributed by atoms with Gasteiger partial charge in [-0.1, -0.05) is 0 Å². The van der Waals surface area contributed by atoms with E-state index in [1.165, 1.54) is 0 Å². The average molecular weight is 340 g/mol. The maximum absolute atomic E-state index is 12.5. The summed E-state index contributed by atoms with van der Waals surface area (Å²) in [5, 5.41) is 6.19. The molecule has 0 aromatic heterocycles. The largest absolute Gasteiger partial charge is 0.378 e. The molecule has 0 spiro atoms. The minimum Gasteiger partial charge on any atom is -0.378 e. The summed E-state index contributed by atoms with van der Waals surface area (Å²) < 4.78 is 5.61. The third-order valence-electron chi connectivity index (χ3n) is 4.80. The molecule has 7 heteroatoms. The Morgan fingerprint density at radius 3 is 2.92 bits per heavy atom. The normalized spacial score (nSPS) is 25.0. The fourth-order valence-electron chi connectivity index (χ4n) is 3.37. The van der Waals surface area contributed by atoms with E-state index in [9.17, 15) is 9.59 Å². The summed E-state index contributed by atoms with van der Waals surface area (Å²) >= 11 is 0. The zero-order valence-electron chi connectivity index (χ0n) is 14.8. The molecule has 7 nitrogen and oxygen atoms in total. The minimum atomic E-state index is -0.312. The molecule has 0 aliphatic carbocycles. The monoisotopic (exact) mass is 340 g/mol. The number of nitrogens with zero attached hydrogens (tertiary/aromatic N) is 1. The van der Waals surface area contributed by atoms with E-state index in [1.54, 1.807) is 4.90 Å². The number of hydrogen-bond donors (Lipinski definition) is 3. The number of amides is 2. The maximum atomic E-state index is 12.5. The fourth-order valence-corrected chi connectivity index (χ4v) is 3.37. The number of rotatable bonds is 9. The van der Waals surface area contributed by atoms with E-state index in [-0.39, 0.29) is 30.0 Å². The molecule has 0 aromatic carbocycles. The molecule has 2 heterocycles. The van der Waals surface area contributed by atoms with E-state index in [1.807, 2.05) is 6.92 Å². The third-order valence-corrected chi connectivity index (χ3v) is 4.80. The van der Waals surface area contributed by atoms with Crippen molar-refractivity contribution < 1.29 is 14.3 Å². The molecule has 3 atom stereocenters. The number of hydrogen-bond acceptors (Lipinski definition) is 5. The van der Waals surface area contributed by atoms with Crippen LogP contribution in [0.3, 0.4) is 0 Å². The van der Waals surface area contributed by atoms with Crippen LogP contribution in [0.4, 0.5) is 0 Å². The Hall–Kier alpha value is -1.18. The van der Waals surface area contributed by atoms with E-state index in [2.05, 4.69) is 10.6 Å². The molecule has 24 heavy (non-hydrogen) atoms. The molecular weight excluding hydrogens is 308 g/mol. The quantitative estimate of drug-likeness (QED) is 0.513. The smallest absolute Gasteiger partial charge is 0.242 e. The number of carbonyl (C=O) groups excluding carboxylic acids is 2. The zero-order valence-corrected chi connectivity index (χ0v) is 14.8. The van der Waals surface area contributed by atoms with Gasteiger partial charge in [0.15, 0.2) is 0 Å². The van der Waals surface area contributed by atoms with Crippen LogP contribution in [-0.2, 0) is 14.3 Å². The lowest BCUT2D eigenvalue weighted by atomic mass is 10.1. The molecule has 2 amide bonds. The van der Waals surface area contributed by atoms with Gasteiger partial charge < -0.3 is 26.0 Å². The van der Waals surface area contributed by atoms with Crippen LogP contribution in [0.25, 0.3) is 0 Å². The van der Waals surface area contributed by atoms with Gasteiger partial charge in [-0.15, -0.1) is 0 Å². The molecule has 0 saturated carbocycles. The average Bonchev–Trinajstić information content (AvgIpc) is 3.26. The van der Waals surface area contributed by atoms with Gasteiger partial charge in [0, 0.05) is 19.7 Å². The van der Waals surface area contributed by atoms with Crippen LogP contribution in [0.2, 0.25) is 0 Å². The Bertz CT molecular complexity index is 413. The van der Waals surface area contributed by atoms with Crippen molar-refractivity contribution in [1.29, 1.82) is 0 Å². The van der Waals surface area contributed by atoms with Gasteiger partial charge in [-0.25, -0.2) is 0 Å². The van der Waals surface area contributed by atoms with Gasteiger partial charge in [0.25, 0.3) is 0 Å². The van der Waals surface area contributed by atoms with Gasteiger partial charge in [-0.2, -0.15) is 0 Å². The van der Waals surface area contributed by atoms with Crippen molar-refractivity contribution in [2.24, 2.45) is 5.73 Å². The Labute approximate surface area is 144 Å². The summed E-state index contributed by atoms with van der Waals surface area (Å²) in [5.74, 6) is 0.0524. The molecular formula is C17H32N4O3. The highest BCUT2D eigenvalue weighted by molar-refractivity contribution is 5.90. The van der Waals surface area contributed by atoms with Gasteiger partial charge in [0.2, 0.25) is 11.8 Å². The van der Waals surface area contributed by atoms with Crippen LogP contribution in [0.1, 0.15) is 45.4 Å². The zero-order chi connectivity index (χ0) is 17.4. The van der Waals surface area contributed by atoms with Crippen LogP contribution in [0.15, 0.2) is 0 Å². The number of nitrogens with one attached hydrogen (secondary N) is 2. The standard InChI is InChI=1S/C17H32N4O3/c1-13(24-12-4-8-18)7-10-20-16(22)15-6-3-11-21(15)17(23)14-5-2-9-19-14/h13-15,19H,2-12,18H2,1H3,(H,20,22)/t13-,14-,15-/m0/s1. The Morgan fingerprint density at radius 1 is 1.38 bits per heavy atom. The van der Waals surface area contributed by atoms with E-state index < -0.39 is 0 Å². The molecule has 0 radical (unpaired) electrons. The lowest BCUT2D eigenvalue weighted by molar-refractivity contribution is -0.139. The van der Waals surface area contributed by atoms with Crippen LogP contribution in [0, 0.1) is 0 Å². The number of likely N-dealkylation sites (tertiary alicyclic amines) is 1. The summed E-state index contributed by atoms with van der Waals surface area (Å²) in [6.45, 7) is 5.44. The van der Waals surface area contributed by atoms with Crippen LogP contribution >= 0.6 is 0 Å². The Balaban J connectivity index is 1.71. The van der Waals surface area contributed by atoms with Crippen molar-refractivity contribution in [3.05, 3.63) is 0 Å². The predicted molar refractivity (Wildman–Crippen MR) is 92.5 cm³/mol. The molecule has 2 rings (SSSR count). The third kappa shape index (κ3) is 5.43.